The van der Waals surface area contributed by atoms with Gasteiger partial charge in [0.1, 0.15) is 11.8 Å². The van der Waals surface area contributed by atoms with E-state index >= 15 is 0 Å². The van der Waals surface area contributed by atoms with Gasteiger partial charge in [-0.3, -0.25) is 9.69 Å². The van der Waals surface area contributed by atoms with Crippen LogP contribution >= 0.6 is 11.8 Å². The number of nitriles is 1. The molecule has 1 aliphatic heterocycles. The van der Waals surface area contributed by atoms with E-state index in [1.54, 1.807) is 41.5 Å². The van der Waals surface area contributed by atoms with Crippen molar-refractivity contribution in [2.45, 2.75) is 6.54 Å². The number of aliphatic imine (C=N–C) groups is 1. The minimum absolute atomic E-state index is 0.0772. The molecular formula is C24H19N3O4S. The molecule has 2 aromatic carbocycles. The van der Waals surface area contributed by atoms with Crippen molar-refractivity contribution in [2.75, 3.05) is 13.7 Å². The number of ether oxygens (including phenoxy) is 2. The Morgan fingerprint density at radius 3 is 2.72 bits per heavy atom. The molecule has 0 spiro atoms. The lowest BCUT2D eigenvalue weighted by Crippen LogP contribution is -2.28. The molecule has 2 heterocycles. The third-order valence-electron chi connectivity index (χ3n) is 4.54. The number of nitrogens with zero attached hydrogens (tertiary/aromatic N) is 3. The van der Waals surface area contributed by atoms with Crippen LogP contribution in [0.4, 0.5) is 5.69 Å². The summed E-state index contributed by atoms with van der Waals surface area (Å²) in [5.41, 5.74) is 1.52. The van der Waals surface area contributed by atoms with Gasteiger partial charge in [0, 0.05) is 0 Å². The van der Waals surface area contributed by atoms with Gasteiger partial charge >= 0.3 is 0 Å². The molecule has 1 aromatic heterocycles. The van der Waals surface area contributed by atoms with Crippen LogP contribution in [0.25, 0.3) is 6.08 Å². The first-order chi connectivity index (χ1) is 15.7. The highest BCUT2D eigenvalue weighted by Crippen LogP contribution is 2.36. The Kier molecular flexibility index (Phi) is 6.58. The molecule has 0 aliphatic carbocycles. The van der Waals surface area contributed by atoms with E-state index in [4.69, 9.17) is 19.2 Å². The number of hydrogen-bond acceptors (Lipinski definition) is 7. The van der Waals surface area contributed by atoms with Crippen molar-refractivity contribution in [2.24, 2.45) is 4.99 Å². The second kappa shape index (κ2) is 9.90. The topological polar surface area (TPSA) is 88.1 Å². The van der Waals surface area contributed by atoms with Crippen molar-refractivity contribution >= 4 is 34.6 Å². The molecule has 0 N–H and O–H groups in total. The van der Waals surface area contributed by atoms with Crippen LogP contribution < -0.4 is 9.47 Å². The molecule has 1 saturated heterocycles. The van der Waals surface area contributed by atoms with E-state index < -0.39 is 0 Å². The Hall–Kier alpha value is -3.96. The number of para-hydroxylation sites is 1. The maximum Gasteiger partial charge on any atom is 0.267 e. The Morgan fingerprint density at radius 2 is 2.00 bits per heavy atom. The lowest BCUT2D eigenvalue weighted by molar-refractivity contribution is -0.122. The average Bonchev–Trinajstić information content (AvgIpc) is 3.43. The van der Waals surface area contributed by atoms with Gasteiger partial charge in [-0.25, -0.2) is 4.99 Å². The summed E-state index contributed by atoms with van der Waals surface area (Å²) in [5.74, 6) is 1.45. The first kappa shape index (κ1) is 21.3. The van der Waals surface area contributed by atoms with E-state index in [0.29, 0.717) is 27.3 Å². The summed E-state index contributed by atoms with van der Waals surface area (Å²) in [4.78, 5) is 20.0. The fourth-order valence-electron chi connectivity index (χ4n) is 3.06. The largest absolute Gasteiger partial charge is 0.493 e. The number of thioether (sulfide) groups is 1. The molecule has 1 amide bonds. The Labute approximate surface area is 189 Å². The van der Waals surface area contributed by atoms with Gasteiger partial charge in [-0.2, -0.15) is 5.26 Å². The van der Waals surface area contributed by atoms with E-state index in [2.05, 4.69) is 4.99 Å². The van der Waals surface area contributed by atoms with Crippen LogP contribution in [-0.2, 0) is 11.3 Å². The monoisotopic (exact) mass is 445 g/mol. The zero-order chi connectivity index (χ0) is 22.3. The van der Waals surface area contributed by atoms with E-state index in [1.165, 1.54) is 18.9 Å². The molecule has 32 heavy (non-hydrogen) atoms. The van der Waals surface area contributed by atoms with Gasteiger partial charge < -0.3 is 13.9 Å². The maximum absolute atomic E-state index is 13.2. The molecule has 160 valence electrons. The van der Waals surface area contributed by atoms with Gasteiger partial charge in [-0.1, -0.05) is 24.3 Å². The van der Waals surface area contributed by atoms with Crippen molar-refractivity contribution in [3.63, 3.8) is 0 Å². The summed E-state index contributed by atoms with van der Waals surface area (Å²) in [6, 6.07) is 20.3. The SMILES string of the molecule is COc1cc(/C=C2\SC(=Nc3ccccc3)N(Cc3ccco3)C2=O)ccc1OCC#N. The van der Waals surface area contributed by atoms with E-state index in [9.17, 15) is 4.79 Å². The highest BCUT2D eigenvalue weighted by Gasteiger charge is 2.34. The molecule has 0 bridgehead atoms. The van der Waals surface area contributed by atoms with Crippen LogP contribution in [0.2, 0.25) is 0 Å². The second-order valence-corrected chi connectivity index (χ2v) is 7.68. The molecule has 8 heteroatoms. The van der Waals surface area contributed by atoms with Gasteiger partial charge in [-0.05, 0) is 59.8 Å². The van der Waals surface area contributed by atoms with Crippen LogP contribution in [0.5, 0.6) is 11.5 Å². The number of carbonyl (C=O) groups excluding carboxylic acids is 1. The van der Waals surface area contributed by atoms with Crippen LogP contribution in [0.15, 0.2) is 81.2 Å². The number of benzene rings is 2. The lowest BCUT2D eigenvalue weighted by Gasteiger charge is -2.13. The van der Waals surface area contributed by atoms with E-state index in [-0.39, 0.29) is 19.1 Å². The van der Waals surface area contributed by atoms with E-state index in [1.807, 2.05) is 42.5 Å². The van der Waals surface area contributed by atoms with Crippen LogP contribution in [0.3, 0.4) is 0 Å². The number of amides is 1. The third-order valence-corrected chi connectivity index (χ3v) is 5.55. The first-order valence-corrected chi connectivity index (χ1v) is 10.5. The zero-order valence-electron chi connectivity index (χ0n) is 17.2. The molecule has 4 rings (SSSR count). The van der Waals surface area contributed by atoms with Gasteiger partial charge in [0.2, 0.25) is 0 Å². The fraction of sp³-hybridized carbons (Fsp3) is 0.125. The van der Waals surface area contributed by atoms with Crippen molar-refractivity contribution in [3.8, 4) is 17.6 Å². The highest BCUT2D eigenvalue weighted by atomic mass is 32.2. The lowest BCUT2D eigenvalue weighted by atomic mass is 10.2. The van der Waals surface area contributed by atoms with Crippen molar-refractivity contribution in [1.29, 1.82) is 5.26 Å². The summed E-state index contributed by atoms with van der Waals surface area (Å²) in [7, 11) is 1.52. The second-order valence-electron chi connectivity index (χ2n) is 6.67. The van der Waals surface area contributed by atoms with Crippen LogP contribution in [0, 0.1) is 11.3 Å². The highest BCUT2D eigenvalue weighted by molar-refractivity contribution is 8.18. The molecule has 7 nitrogen and oxygen atoms in total. The average molecular weight is 446 g/mol. The predicted octanol–water partition coefficient (Wildman–Crippen LogP) is 4.99. The quantitative estimate of drug-likeness (QED) is 0.476. The third kappa shape index (κ3) is 4.85. The zero-order valence-corrected chi connectivity index (χ0v) is 18.0. The number of amidine groups is 1. The Balaban J connectivity index is 1.65. The Morgan fingerprint density at radius 1 is 1.16 bits per heavy atom. The normalized spacial score (nSPS) is 15.9. The maximum atomic E-state index is 13.2. The molecule has 0 atom stereocenters. The van der Waals surface area contributed by atoms with Gasteiger partial charge in [0.25, 0.3) is 5.91 Å². The molecule has 0 unspecified atom stereocenters. The molecule has 3 aromatic rings. The number of furan rings is 1. The molecule has 1 aliphatic rings. The summed E-state index contributed by atoms with van der Waals surface area (Å²) in [6.07, 6.45) is 3.36. The number of carbonyl (C=O) groups is 1. The smallest absolute Gasteiger partial charge is 0.267 e. The molecule has 0 saturated carbocycles. The van der Waals surface area contributed by atoms with E-state index in [0.717, 1.165) is 11.3 Å². The molecular weight excluding hydrogens is 426 g/mol. The van der Waals surface area contributed by atoms with Gasteiger partial charge in [-0.15, -0.1) is 0 Å². The minimum Gasteiger partial charge on any atom is -0.493 e. The van der Waals surface area contributed by atoms with Crippen molar-refractivity contribution < 1.29 is 18.7 Å². The summed E-state index contributed by atoms with van der Waals surface area (Å²) in [6.45, 7) is 0.207. The number of hydrogen-bond donors (Lipinski definition) is 0. The number of rotatable bonds is 7. The van der Waals surface area contributed by atoms with Crippen LogP contribution in [-0.4, -0.2) is 29.7 Å². The van der Waals surface area contributed by atoms with Crippen molar-refractivity contribution in [1.82, 2.24) is 4.90 Å². The predicted molar refractivity (Wildman–Crippen MR) is 122 cm³/mol. The summed E-state index contributed by atoms with van der Waals surface area (Å²) in [5, 5.41) is 9.30. The standard InChI is InChI=1S/C24H19N3O4S/c1-29-21-14-17(9-10-20(21)31-13-11-25)15-22-23(28)27(16-19-8-5-12-30-19)24(32-22)26-18-6-3-2-4-7-18/h2-10,12,14-15H,13,16H2,1H3/b22-15-,26-24?. The van der Waals surface area contributed by atoms with Gasteiger partial charge in [0.05, 0.1) is 30.5 Å². The van der Waals surface area contributed by atoms with Gasteiger partial charge in [0.15, 0.2) is 23.3 Å². The molecule has 1 fully saturated rings. The summed E-state index contributed by atoms with van der Waals surface area (Å²) >= 11 is 1.30. The fourth-order valence-corrected chi connectivity index (χ4v) is 4.05. The first-order valence-electron chi connectivity index (χ1n) is 9.73. The van der Waals surface area contributed by atoms with Crippen LogP contribution in [0.1, 0.15) is 11.3 Å². The summed E-state index contributed by atoms with van der Waals surface area (Å²) < 4.78 is 16.2. The number of methoxy groups -OCH3 is 1. The minimum atomic E-state index is -0.162. The molecule has 0 radical (unpaired) electrons. The van der Waals surface area contributed by atoms with Crippen molar-refractivity contribution in [3.05, 3.63) is 83.2 Å². The Bertz CT molecular complexity index is 1200.